The first kappa shape index (κ1) is 12.8. The summed E-state index contributed by atoms with van der Waals surface area (Å²) in [7, 11) is 0. The van der Waals surface area contributed by atoms with Gasteiger partial charge in [-0.2, -0.15) is 0 Å². The molecule has 0 aromatic heterocycles. The zero-order chi connectivity index (χ0) is 11.3. The van der Waals surface area contributed by atoms with Crippen molar-refractivity contribution >= 4 is 23.2 Å². The summed E-state index contributed by atoms with van der Waals surface area (Å²) in [5.41, 5.74) is 0.914. The van der Waals surface area contributed by atoms with Crippen molar-refractivity contribution in [3.8, 4) is 0 Å². The highest BCUT2D eigenvalue weighted by Crippen LogP contribution is 2.31. The second-order valence-electron chi connectivity index (χ2n) is 3.27. The molecule has 0 aliphatic rings. The molecule has 0 radical (unpaired) electrons. The van der Waals surface area contributed by atoms with Crippen LogP contribution in [0.5, 0.6) is 0 Å². The van der Waals surface area contributed by atoms with Crippen LogP contribution in [-0.4, -0.2) is 18.3 Å². The van der Waals surface area contributed by atoms with Crippen molar-refractivity contribution in [2.45, 2.75) is 19.4 Å². The van der Waals surface area contributed by atoms with Crippen LogP contribution in [0.1, 0.15) is 24.9 Å². The lowest BCUT2D eigenvalue weighted by Crippen LogP contribution is -2.24. The van der Waals surface area contributed by atoms with Gasteiger partial charge in [0.25, 0.3) is 0 Å². The van der Waals surface area contributed by atoms with E-state index in [1.807, 2.05) is 18.2 Å². The first-order valence-corrected chi connectivity index (χ1v) is 5.74. The fourth-order valence-corrected chi connectivity index (χ4v) is 2.19. The van der Waals surface area contributed by atoms with Gasteiger partial charge in [0.2, 0.25) is 0 Å². The molecule has 0 saturated carbocycles. The van der Waals surface area contributed by atoms with E-state index >= 15 is 0 Å². The van der Waals surface area contributed by atoms with Crippen molar-refractivity contribution in [2.24, 2.45) is 0 Å². The van der Waals surface area contributed by atoms with E-state index in [2.05, 4.69) is 12.2 Å². The second-order valence-corrected chi connectivity index (χ2v) is 4.09. The van der Waals surface area contributed by atoms with Crippen molar-refractivity contribution in [3.63, 3.8) is 0 Å². The molecule has 0 bridgehead atoms. The minimum Gasteiger partial charge on any atom is -0.395 e. The van der Waals surface area contributed by atoms with Crippen LogP contribution in [0.4, 0.5) is 0 Å². The van der Waals surface area contributed by atoms with E-state index in [0.717, 1.165) is 12.0 Å². The van der Waals surface area contributed by atoms with Crippen LogP contribution in [0.2, 0.25) is 10.0 Å². The van der Waals surface area contributed by atoms with Gasteiger partial charge in [-0.25, -0.2) is 0 Å². The Kier molecular flexibility index (Phi) is 5.40. The molecule has 0 heterocycles. The smallest absolute Gasteiger partial charge is 0.0556 e. The molecule has 0 fully saturated rings. The fraction of sp³-hybridized carbons (Fsp3) is 0.455. The van der Waals surface area contributed by atoms with Gasteiger partial charge >= 0.3 is 0 Å². The molecule has 1 rings (SSSR count). The summed E-state index contributed by atoms with van der Waals surface area (Å²) in [6.45, 7) is 2.70. The molecule has 0 saturated heterocycles. The van der Waals surface area contributed by atoms with Gasteiger partial charge in [-0.1, -0.05) is 36.2 Å². The largest absolute Gasteiger partial charge is 0.395 e. The predicted molar refractivity (Wildman–Crippen MR) is 64.6 cm³/mol. The first-order valence-electron chi connectivity index (χ1n) is 4.98. The third kappa shape index (κ3) is 3.35. The average molecular weight is 248 g/mol. The SMILES string of the molecule is CCC(NCCO)c1c(Cl)cccc1Cl. The number of benzene rings is 1. The monoisotopic (exact) mass is 247 g/mol. The second kappa shape index (κ2) is 6.33. The van der Waals surface area contributed by atoms with Crippen LogP contribution in [0.25, 0.3) is 0 Å². The molecular weight excluding hydrogens is 233 g/mol. The fourth-order valence-electron chi connectivity index (χ4n) is 1.53. The molecule has 1 aromatic rings. The molecule has 2 N–H and O–H groups in total. The van der Waals surface area contributed by atoms with Crippen LogP contribution < -0.4 is 5.32 Å². The molecule has 15 heavy (non-hydrogen) atoms. The Morgan fingerprint density at radius 2 is 1.93 bits per heavy atom. The van der Waals surface area contributed by atoms with E-state index < -0.39 is 0 Å². The van der Waals surface area contributed by atoms with Gasteiger partial charge < -0.3 is 10.4 Å². The Labute approximate surface area is 100 Å². The van der Waals surface area contributed by atoms with E-state index in [0.29, 0.717) is 16.6 Å². The number of aliphatic hydroxyl groups is 1. The lowest BCUT2D eigenvalue weighted by molar-refractivity contribution is 0.283. The van der Waals surface area contributed by atoms with Gasteiger partial charge in [-0.3, -0.25) is 0 Å². The number of hydrogen-bond acceptors (Lipinski definition) is 2. The number of halogens is 2. The molecule has 1 aromatic carbocycles. The number of nitrogens with one attached hydrogen (secondary N) is 1. The minimum atomic E-state index is 0.0957. The molecule has 0 aliphatic carbocycles. The van der Waals surface area contributed by atoms with Crippen LogP contribution >= 0.6 is 23.2 Å². The van der Waals surface area contributed by atoms with E-state index in [-0.39, 0.29) is 12.6 Å². The molecule has 0 spiro atoms. The Balaban J connectivity index is 2.90. The van der Waals surface area contributed by atoms with Crippen LogP contribution in [0.15, 0.2) is 18.2 Å². The quantitative estimate of drug-likeness (QED) is 0.839. The third-order valence-corrected chi connectivity index (χ3v) is 2.92. The van der Waals surface area contributed by atoms with Crippen LogP contribution in [0.3, 0.4) is 0 Å². The maximum absolute atomic E-state index is 8.77. The van der Waals surface area contributed by atoms with Gasteiger partial charge in [-0.15, -0.1) is 0 Å². The third-order valence-electron chi connectivity index (χ3n) is 2.26. The van der Waals surface area contributed by atoms with Gasteiger partial charge in [0, 0.05) is 28.2 Å². The topological polar surface area (TPSA) is 32.3 Å². The minimum absolute atomic E-state index is 0.0957. The Morgan fingerprint density at radius 1 is 1.33 bits per heavy atom. The summed E-state index contributed by atoms with van der Waals surface area (Å²) < 4.78 is 0. The van der Waals surface area contributed by atoms with Crippen molar-refractivity contribution in [1.29, 1.82) is 0 Å². The van der Waals surface area contributed by atoms with Gasteiger partial charge in [0.1, 0.15) is 0 Å². The predicted octanol–water partition coefficient (Wildman–Crippen LogP) is 3.03. The van der Waals surface area contributed by atoms with Gasteiger partial charge in [0.15, 0.2) is 0 Å². The molecule has 4 heteroatoms. The summed E-state index contributed by atoms with van der Waals surface area (Å²) in [5, 5.41) is 13.3. The zero-order valence-electron chi connectivity index (χ0n) is 8.63. The molecule has 1 atom stereocenters. The molecular formula is C11H15Cl2NO. The van der Waals surface area contributed by atoms with E-state index in [4.69, 9.17) is 28.3 Å². The normalized spacial score (nSPS) is 12.8. The van der Waals surface area contributed by atoms with E-state index in [9.17, 15) is 0 Å². The molecule has 84 valence electrons. The lowest BCUT2D eigenvalue weighted by atomic mass is 10.0. The molecule has 2 nitrogen and oxygen atoms in total. The number of hydrogen-bond donors (Lipinski definition) is 2. The van der Waals surface area contributed by atoms with E-state index in [1.165, 1.54) is 0 Å². The highest BCUT2D eigenvalue weighted by Gasteiger charge is 2.15. The van der Waals surface area contributed by atoms with Crippen LogP contribution in [0, 0.1) is 0 Å². The Hall–Kier alpha value is -0.280. The average Bonchev–Trinajstić information content (AvgIpc) is 2.22. The molecule has 0 aliphatic heterocycles. The molecule has 1 unspecified atom stereocenters. The zero-order valence-corrected chi connectivity index (χ0v) is 10.1. The summed E-state index contributed by atoms with van der Waals surface area (Å²) in [5.74, 6) is 0. The van der Waals surface area contributed by atoms with Gasteiger partial charge in [-0.05, 0) is 18.6 Å². The van der Waals surface area contributed by atoms with Crippen molar-refractivity contribution in [1.82, 2.24) is 5.32 Å². The number of rotatable bonds is 5. The lowest BCUT2D eigenvalue weighted by Gasteiger charge is -2.19. The molecule has 0 amide bonds. The number of aliphatic hydroxyl groups excluding tert-OH is 1. The highest BCUT2D eigenvalue weighted by molar-refractivity contribution is 6.36. The highest BCUT2D eigenvalue weighted by atomic mass is 35.5. The standard InChI is InChI=1S/C11H15Cl2NO/c1-2-10(14-6-7-15)11-8(12)4-3-5-9(11)13/h3-5,10,14-15H,2,6-7H2,1H3. The van der Waals surface area contributed by atoms with Crippen LogP contribution in [-0.2, 0) is 0 Å². The summed E-state index contributed by atoms with van der Waals surface area (Å²) in [4.78, 5) is 0. The maximum Gasteiger partial charge on any atom is 0.0556 e. The summed E-state index contributed by atoms with van der Waals surface area (Å²) >= 11 is 12.2. The van der Waals surface area contributed by atoms with E-state index in [1.54, 1.807) is 0 Å². The van der Waals surface area contributed by atoms with Gasteiger partial charge in [0.05, 0.1) is 6.61 Å². The Morgan fingerprint density at radius 3 is 2.40 bits per heavy atom. The Bertz CT molecular complexity index is 297. The van der Waals surface area contributed by atoms with Crippen molar-refractivity contribution in [2.75, 3.05) is 13.2 Å². The van der Waals surface area contributed by atoms with Crippen molar-refractivity contribution < 1.29 is 5.11 Å². The summed E-state index contributed by atoms with van der Waals surface area (Å²) in [6, 6.07) is 5.57. The maximum atomic E-state index is 8.77. The van der Waals surface area contributed by atoms with Crippen molar-refractivity contribution in [3.05, 3.63) is 33.8 Å². The first-order chi connectivity index (χ1) is 7.20. The summed E-state index contributed by atoms with van der Waals surface area (Å²) in [6.07, 6.45) is 0.878.